The Morgan fingerprint density at radius 1 is 1.26 bits per heavy atom. The topological polar surface area (TPSA) is 90.7 Å². The van der Waals surface area contributed by atoms with Gasteiger partial charge in [-0.2, -0.15) is 0 Å². The summed E-state index contributed by atoms with van der Waals surface area (Å²) in [6.07, 6.45) is 2.31. The van der Waals surface area contributed by atoms with Crippen LogP contribution in [0.4, 0.5) is 4.79 Å². The van der Waals surface area contributed by atoms with Crippen molar-refractivity contribution in [1.29, 1.82) is 0 Å². The number of amides is 3. The highest BCUT2D eigenvalue weighted by Crippen LogP contribution is 2.10. The second kappa shape index (κ2) is 8.64. The van der Waals surface area contributed by atoms with Gasteiger partial charge in [-0.1, -0.05) is 6.92 Å². The lowest BCUT2D eigenvalue weighted by Gasteiger charge is -2.33. The number of hydrogen-bond acceptors (Lipinski definition) is 6. The minimum atomic E-state index is -0.419. The third-order valence-electron chi connectivity index (χ3n) is 3.84. The van der Waals surface area contributed by atoms with E-state index < -0.39 is 6.03 Å². The molecule has 0 bridgehead atoms. The van der Waals surface area contributed by atoms with Gasteiger partial charge in [0.1, 0.15) is 5.76 Å². The molecule has 3 amide bonds. The molecular formula is C15H25N5O3. The second-order valence-electron chi connectivity index (χ2n) is 5.71. The Labute approximate surface area is 136 Å². The third-order valence-corrected chi connectivity index (χ3v) is 3.84. The number of aryl methyl sites for hydroxylation is 1. The number of carbonyl (C=O) groups excluding carboxylic acids is 2. The van der Waals surface area contributed by atoms with E-state index in [0.717, 1.165) is 50.6 Å². The smallest absolute Gasteiger partial charge is 0.321 e. The number of imide groups is 1. The summed E-state index contributed by atoms with van der Waals surface area (Å²) in [4.78, 5) is 31.8. The van der Waals surface area contributed by atoms with Crippen molar-refractivity contribution in [3.63, 3.8) is 0 Å². The SMILES string of the molecule is CCCNC(=O)NC(=O)CN1CCN(Cc2ncoc2C)CC1. The molecule has 1 aromatic rings. The van der Waals surface area contributed by atoms with Gasteiger partial charge in [-0.3, -0.25) is 19.9 Å². The summed E-state index contributed by atoms with van der Waals surface area (Å²) in [5, 5.41) is 4.97. The maximum absolute atomic E-state index is 11.8. The summed E-state index contributed by atoms with van der Waals surface area (Å²) in [6.45, 7) is 8.76. The van der Waals surface area contributed by atoms with Crippen molar-refractivity contribution in [2.45, 2.75) is 26.8 Å². The fourth-order valence-electron chi connectivity index (χ4n) is 2.45. The Balaban J connectivity index is 1.67. The van der Waals surface area contributed by atoms with E-state index in [2.05, 4.69) is 25.4 Å². The fourth-order valence-corrected chi connectivity index (χ4v) is 2.45. The summed E-state index contributed by atoms with van der Waals surface area (Å²) < 4.78 is 5.21. The number of carbonyl (C=O) groups is 2. The lowest BCUT2D eigenvalue weighted by molar-refractivity contribution is -0.121. The summed E-state index contributed by atoms with van der Waals surface area (Å²) in [5.41, 5.74) is 0.962. The van der Waals surface area contributed by atoms with E-state index in [4.69, 9.17) is 4.42 Å². The van der Waals surface area contributed by atoms with Crippen LogP contribution in [0.25, 0.3) is 0 Å². The number of oxazole rings is 1. The van der Waals surface area contributed by atoms with Crippen molar-refractivity contribution < 1.29 is 14.0 Å². The number of nitrogens with zero attached hydrogens (tertiary/aromatic N) is 3. The maximum Gasteiger partial charge on any atom is 0.321 e. The molecule has 8 nitrogen and oxygen atoms in total. The monoisotopic (exact) mass is 323 g/mol. The van der Waals surface area contributed by atoms with Crippen LogP contribution in [0.1, 0.15) is 24.8 Å². The molecule has 0 aromatic carbocycles. The second-order valence-corrected chi connectivity index (χ2v) is 5.71. The number of piperazine rings is 1. The molecule has 0 saturated carbocycles. The molecule has 23 heavy (non-hydrogen) atoms. The summed E-state index contributed by atoms with van der Waals surface area (Å²) in [6, 6.07) is -0.419. The normalized spacial score (nSPS) is 16.3. The van der Waals surface area contributed by atoms with Crippen molar-refractivity contribution in [2.24, 2.45) is 0 Å². The van der Waals surface area contributed by atoms with Crippen LogP contribution < -0.4 is 10.6 Å². The van der Waals surface area contributed by atoms with Gasteiger partial charge >= 0.3 is 6.03 Å². The van der Waals surface area contributed by atoms with Crippen LogP contribution in [0.15, 0.2) is 10.8 Å². The first-order chi connectivity index (χ1) is 11.1. The first kappa shape index (κ1) is 17.4. The van der Waals surface area contributed by atoms with Crippen molar-refractivity contribution >= 4 is 11.9 Å². The molecule has 1 aromatic heterocycles. The Morgan fingerprint density at radius 2 is 1.96 bits per heavy atom. The van der Waals surface area contributed by atoms with Crippen molar-refractivity contribution in [1.82, 2.24) is 25.4 Å². The standard InChI is InChI=1S/C15H25N5O3/c1-3-4-16-15(22)18-14(21)10-20-7-5-19(6-8-20)9-13-12(2)23-11-17-13/h11H,3-10H2,1-2H3,(H2,16,18,21,22). The van der Waals surface area contributed by atoms with Gasteiger partial charge in [-0.15, -0.1) is 0 Å². The Morgan fingerprint density at radius 3 is 2.57 bits per heavy atom. The van der Waals surface area contributed by atoms with Gasteiger partial charge in [-0.05, 0) is 13.3 Å². The van der Waals surface area contributed by atoms with E-state index in [1.807, 2.05) is 13.8 Å². The average molecular weight is 323 g/mol. The highest BCUT2D eigenvalue weighted by molar-refractivity contribution is 5.95. The van der Waals surface area contributed by atoms with Gasteiger partial charge in [0.15, 0.2) is 6.39 Å². The van der Waals surface area contributed by atoms with Crippen LogP contribution >= 0.6 is 0 Å². The van der Waals surface area contributed by atoms with Crippen molar-refractivity contribution in [3.05, 3.63) is 17.8 Å². The molecule has 0 aliphatic carbocycles. The molecule has 8 heteroatoms. The lowest BCUT2D eigenvalue weighted by atomic mass is 10.2. The molecule has 0 atom stereocenters. The number of hydrogen-bond donors (Lipinski definition) is 2. The fraction of sp³-hybridized carbons (Fsp3) is 0.667. The molecule has 1 saturated heterocycles. The lowest BCUT2D eigenvalue weighted by Crippen LogP contribution is -2.50. The van der Waals surface area contributed by atoms with E-state index in [-0.39, 0.29) is 12.5 Å². The zero-order chi connectivity index (χ0) is 16.7. The highest BCUT2D eigenvalue weighted by atomic mass is 16.3. The van der Waals surface area contributed by atoms with Gasteiger partial charge < -0.3 is 9.73 Å². The summed E-state index contributed by atoms with van der Waals surface area (Å²) >= 11 is 0. The highest BCUT2D eigenvalue weighted by Gasteiger charge is 2.20. The van der Waals surface area contributed by atoms with Gasteiger partial charge in [0.05, 0.1) is 12.2 Å². The molecule has 0 unspecified atom stereocenters. The molecule has 1 aliphatic rings. The van der Waals surface area contributed by atoms with Crippen LogP contribution in [0.2, 0.25) is 0 Å². The van der Waals surface area contributed by atoms with Crippen LogP contribution in [0.5, 0.6) is 0 Å². The van der Waals surface area contributed by atoms with E-state index in [1.54, 1.807) is 0 Å². The minimum Gasteiger partial charge on any atom is -0.448 e. The molecule has 0 radical (unpaired) electrons. The molecule has 2 N–H and O–H groups in total. The summed E-state index contributed by atoms with van der Waals surface area (Å²) in [5.74, 6) is 0.587. The van der Waals surface area contributed by atoms with E-state index in [1.165, 1.54) is 6.39 Å². The first-order valence-corrected chi connectivity index (χ1v) is 8.00. The number of rotatable bonds is 6. The zero-order valence-electron chi connectivity index (χ0n) is 13.8. The molecular weight excluding hydrogens is 298 g/mol. The predicted octanol–water partition coefficient (Wildman–Crippen LogP) is 0.336. The average Bonchev–Trinajstić information content (AvgIpc) is 2.92. The quantitative estimate of drug-likeness (QED) is 0.784. The Kier molecular flexibility index (Phi) is 6.54. The van der Waals surface area contributed by atoms with Crippen molar-refractivity contribution in [2.75, 3.05) is 39.3 Å². The third kappa shape index (κ3) is 5.65. The first-order valence-electron chi connectivity index (χ1n) is 8.00. The Hall–Kier alpha value is -1.93. The largest absolute Gasteiger partial charge is 0.448 e. The zero-order valence-corrected chi connectivity index (χ0v) is 13.8. The van der Waals surface area contributed by atoms with E-state index >= 15 is 0 Å². The predicted molar refractivity (Wildman–Crippen MR) is 84.8 cm³/mol. The van der Waals surface area contributed by atoms with E-state index in [9.17, 15) is 9.59 Å². The number of aromatic nitrogens is 1. The Bertz CT molecular complexity index is 523. The summed E-state index contributed by atoms with van der Waals surface area (Å²) in [7, 11) is 0. The number of nitrogens with one attached hydrogen (secondary N) is 2. The molecule has 2 rings (SSSR count). The van der Waals surface area contributed by atoms with E-state index in [0.29, 0.717) is 6.54 Å². The van der Waals surface area contributed by atoms with Crippen molar-refractivity contribution in [3.8, 4) is 0 Å². The number of urea groups is 1. The molecule has 1 aliphatic heterocycles. The molecule has 1 fully saturated rings. The maximum atomic E-state index is 11.8. The minimum absolute atomic E-state index is 0.246. The van der Waals surface area contributed by atoms with Gasteiger partial charge in [0.2, 0.25) is 5.91 Å². The van der Waals surface area contributed by atoms with Crippen LogP contribution in [0, 0.1) is 6.92 Å². The van der Waals surface area contributed by atoms with Gasteiger partial charge in [0.25, 0.3) is 0 Å². The van der Waals surface area contributed by atoms with Crippen LogP contribution in [-0.4, -0.2) is 66.0 Å². The molecule has 128 valence electrons. The molecule has 0 spiro atoms. The van der Waals surface area contributed by atoms with Gasteiger partial charge in [0, 0.05) is 39.3 Å². The van der Waals surface area contributed by atoms with Crippen LogP contribution in [0.3, 0.4) is 0 Å². The van der Waals surface area contributed by atoms with Gasteiger partial charge in [-0.25, -0.2) is 9.78 Å². The molecule has 2 heterocycles. The van der Waals surface area contributed by atoms with Crippen LogP contribution in [-0.2, 0) is 11.3 Å².